The predicted molar refractivity (Wildman–Crippen MR) is 93.6 cm³/mol. The number of rotatable bonds is 8. The first-order chi connectivity index (χ1) is 11.2. The van der Waals surface area contributed by atoms with Crippen molar-refractivity contribution in [3.05, 3.63) is 66.2 Å². The molecule has 122 valence electrons. The van der Waals surface area contributed by atoms with Crippen molar-refractivity contribution in [2.24, 2.45) is 5.92 Å². The second-order valence-electron chi connectivity index (χ2n) is 5.73. The molecule has 2 aromatic rings. The zero-order valence-electron chi connectivity index (χ0n) is 13.9. The second kappa shape index (κ2) is 8.99. The van der Waals surface area contributed by atoms with E-state index in [-0.39, 0.29) is 11.8 Å². The zero-order valence-corrected chi connectivity index (χ0v) is 13.9. The normalized spacial score (nSPS) is 13.1. The molecular formula is C20H25NO2. The minimum atomic E-state index is -0.113. The average Bonchev–Trinajstić information content (AvgIpc) is 2.60. The molecule has 1 amide bonds. The van der Waals surface area contributed by atoms with Crippen LogP contribution in [0.4, 0.5) is 0 Å². The molecule has 0 spiro atoms. The zero-order chi connectivity index (χ0) is 16.5. The Morgan fingerprint density at radius 2 is 1.65 bits per heavy atom. The quantitative estimate of drug-likeness (QED) is 0.748. The van der Waals surface area contributed by atoms with Gasteiger partial charge in [0, 0.05) is 0 Å². The summed E-state index contributed by atoms with van der Waals surface area (Å²) < 4.78 is 5.61. The van der Waals surface area contributed by atoms with Crippen molar-refractivity contribution in [3.8, 4) is 5.75 Å². The number of carbonyl (C=O) groups excluding carboxylic acids is 1. The molecular weight excluding hydrogens is 286 g/mol. The molecule has 0 saturated heterocycles. The first-order valence-electron chi connectivity index (χ1n) is 8.23. The van der Waals surface area contributed by atoms with E-state index in [1.54, 1.807) is 0 Å². The smallest absolute Gasteiger partial charge is 0.227 e. The van der Waals surface area contributed by atoms with Gasteiger partial charge in [0.2, 0.25) is 5.91 Å². The fraction of sp³-hybridized carbons (Fsp3) is 0.350. The van der Waals surface area contributed by atoms with Gasteiger partial charge >= 0.3 is 0 Å². The Morgan fingerprint density at radius 3 is 2.26 bits per heavy atom. The van der Waals surface area contributed by atoms with Crippen LogP contribution in [-0.4, -0.2) is 19.1 Å². The monoisotopic (exact) mass is 311 g/mol. The predicted octanol–water partition coefficient (Wildman–Crippen LogP) is 4.01. The summed E-state index contributed by atoms with van der Waals surface area (Å²) in [6, 6.07) is 19.6. The fourth-order valence-electron chi connectivity index (χ4n) is 2.60. The van der Waals surface area contributed by atoms with Crippen LogP contribution in [0.1, 0.15) is 31.7 Å². The first-order valence-corrected chi connectivity index (χ1v) is 8.23. The van der Waals surface area contributed by atoms with Crippen LogP contribution in [0.15, 0.2) is 60.7 Å². The van der Waals surface area contributed by atoms with Gasteiger partial charge in [-0.05, 0) is 23.6 Å². The Labute approximate surface area is 138 Å². The maximum atomic E-state index is 12.6. The molecule has 2 unspecified atom stereocenters. The maximum Gasteiger partial charge on any atom is 0.227 e. The summed E-state index contributed by atoms with van der Waals surface area (Å²) in [6.45, 7) is 5.22. The highest BCUT2D eigenvalue weighted by atomic mass is 16.5. The molecule has 0 aliphatic heterocycles. The Morgan fingerprint density at radius 1 is 1.04 bits per heavy atom. The Balaban J connectivity index is 1.88. The van der Waals surface area contributed by atoms with Gasteiger partial charge in [-0.15, -0.1) is 0 Å². The minimum absolute atomic E-state index is 0.0715. The van der Waals surface area contributed by atoms with Crippen molar-refractivity contribution in [1.82, 2.24) is 5.32 Å². The van der Waals surface area contributed by atoms with Crippen LogP contribution in [0.3, 0.4) is 0 Å². The van der Waals surface area contributed by atoms with E-state index in [2.05, 4.69) is 19.2 Å². The van der Waals surface area contributed by atoms with Gasteiger partial charge in [0.1, 0.15) is 12.4 Å². The van der Waals surface area contributed by atoms with Crippen molar-refractivity contribution in [1.29, 1.82) is 0 Å². The molecule has 3 heteroatoms. The van der Waals surface area contributed by atoms with Gasteiger partial charge in [0.05, 0.1) is 12.5 Å². The van der Waals surface area contributed by atoms with Gasteiger partial charge in [-0.3, -0.25) is 4.79 Å². The van der Waals surface area contributed by atoms with E-state index in [0.29, 0.717) is 19.1 Å². The summed E-state index contributed by atoms with van der Waals surface area (Å²) in [5.41, 5.74) is 1.07. The third-order valence-corrected chi connectivity index (χ3v) is 4.07. The Hall–Kier alpha value is -2.29. The lowest BCUT2D eigenvalue weighted by Gasteiger charge is -2.22. The lowest BCUT2D eigenvalue weighted by Crippen LogP contribution is -2.35. The first kappa shape index (κ1) is 17.1. The molecule has 2 aromatic carbocycles. The van der Waals surface area contributed by atoms with E-state index in [9.17, 15) is 4.79 Å². The van der Waals surface area contributed by atoms with Crippen LogP contribution in [0.25, 0.3) is 0 Å². The van der Waals surface area contributed by atoms with Crippen LogP contribution in [0, 0.1) is 5.92 Å². The highest BCUT2D eigenvalue weighted by Gasteiger charge is 2.25. The molecule has 23 heavy (non-hydrogen) atoms. The maximum absolute atomic E-state index is 12.6. The summed E-state index contributed by atoms with van der Waals surface area (Å²) in [4.78, 5) is 12.6. The van der Waals surface area contributed by atoms with Crippen LogP contribution in [-0.2, 0) is 4.79 Å². The van der Waals surface area contributed by atoms with Crippen molar-refractivity contribution in [2.45, 2.75) is 26.2 Å². The van der Waals surface area contributed by atoms with Gasteiger partial charge in [-0.25, -0.2) is 0 Å². The highest BCUT2D eigenvalue weighted by Crippen LogP contribution is 2.27. The van der Waals surface area contributed by atoms with Crippen LogP contribution >= 0.6 is 0 Å². The van der Waals surface area contributed by atoms with Gasteiger partial charge in [-0.2, -0.15) is 0 Å². The molecule has 0 heterocycles. The summed E-state index contributed by atoms with van der Waals surface area (Å²) in [5.74, 6) is 1.08. The molecule has 0 radical (unpaired) electrons. The largest absolute Gasteiger partial charge is 0.492 e. The van der Waals surface area contributed by atoms with Gasteiger partial charge in [-0.1, -0.05) is 68.8 Å². The lowest BCUT2D eigenvalue weighted by molar-refractivity contribution is -0.123. The summed E-state index contributed by atoms with van der Waals surface area (Å²) in [7, 11) is 0. The number of ether oxygens (including phenoxy) is 1. The summed E-state index contributed by atoms with van der Waals surface area (Å²) in [6.07, 6.45) is 0.966. The standard InChI is InChI=1S/C20H25NO2/c1-3-16(2)19(17-10-6-4-7-11-17)20(22)21-14-15-23-18-12-8-5-9-13-18/h4-13,16,19H,3,14-15H2,1-2H3,(H,21,22). The van der Waals surface area contributed by atoms with Gasteiger partial charge < -0.3 is 10.1 Å². The number of para-hydroxylation sites is 1. The Kier molecular flexibility index (Phi) is 6.67. The van der Waals surface area contributed by atoms with E-state index in [1.807, 2.05) is 60.7 Å². The second-order valence-corrected chi connectivity index (χ2v) is 5.73. The molecule has 0 fully saturated rings. The van der Waals surface area contributed by atoms with Crippen molar-refractivity contribution in [2.75, 3.05) is 13.2 Å². The molecule has 0 aliphatic carbocycles. The number of amides is 1. The molecule has 0 saturated carbocycles. The third kappa shape index (κ3) is 5.13. The van der Waals surface area contributed by atoms with E-state index in [4.69, 9.17) is 4.74 Å². The van der Waals surface area contributed by atoms with Crippen molar-refractivity contribution < 1.29 is 9.53 Å². The van der Waals surface area contributed by atoms with Crippen molar-refractivity contribution >= 4 is 5.91 Å². The molecule has 1 N–H and O–H groups in total. The molecule has 2 rings (SSSR count). The van der Waals surface area contributed by atoms with E-state index in [0.717, 1.165) is 17.7 Å². The summed E-state index contributed by atoms with van der Waals surface area (Å²) in [5, 5.41) is 3.00. The van der Waals surface area contributed by atoms with Crippen LogP contribution in [0.5, 0.6) is 5.75 Å². The molecule has 2 atom stereocenters. The highest BCUT2D eigenvalue weighted by molar-refractivity contribution is 5.83. The number of hydrogen-bond donors (Lipinski definition) is 1. The van der Waals surface area contributed by atoms with Crippen LogP contribution < -0.4 is 10.1 Å². The minimum Gasteiger partial charge on any atom is -0.492 e. The number of nitrogens with one attached hydrogen (secondary N) is 1. The van der Waals surface area contributed by atoms with E-state index < -0.39 is 0 Å². The third-order valence-electron chi connectivity index (χ3n) is 4.07. The van der Waals surface area contributed by atoms with E-state index in [1.165, 1.54) is 0 Å². The average molecular weight is 311 g/mol. The van der Waals surface area contributed by atoms with Gasteiger partial charge in [0.25, 0.3) is 0 Å². The van der Waals surface area contributed by atoms with Gasteiger partial charge in [0.15, 0.2) is 0 Å². The number of carbonyl (C=O) groups is 1. The fourth-order valence-corrected chi connectivity index (χ4v) is 2.60. The topological polar surface area (TPSA) is 38.3 Å². The Bertz CT molecular complexity index is 583. The molecule has 0 aromatic heterocycles. The van der Waals surface area contributed by atoms with Crippen molar-refractivity contribution in [3.63, 3.8) is 0 Å². The van der Waals surface area contributed by atoms with Crippen LogP contribution in [0.2, 0.25) is 0 Å². The molecule has 0 aliphatic rings. The molecule has 3 nitrogen and oxygen atoms in total. The molecule has 0 bridgehead atoms. The van der Waals surface area contributed by atoms with E-state index >= 15 is 0 Å². The SMILES string of the molecule is CCC(C)C(C(=O)NCCOc1ccccc1)c1ccccc1. The lowest BCUT2D eigenvalue weighted by atomic mass is 9.85. The number of benzene rings is 2. The number of hydrogen-bond acceptors (Lipinski definition) is 2. The summed E-state index contributed by atoms with van der Waals surface area (Å²) >= 11 is 0.